The summed E-state index contributed by atoms with van der Waals surface area (Å²) in [5.74, 6) is 0. The second-order valence-electron chi connectivity index (χ2n) is 0.115. The predicted molar refractivity (Wildman–Crippen MR) is 14.9 cm³/mol. The fraction of sp³-hybridized carbons (Fsp3) is 0. The van der Waals surface area contributed by atoms with Gasteiger partial charge in [-0.3, -0.25) is 0 Å². The van der Waals surface area contributed by atoms with Crippen LogP contribution in [0.1, 0.15) is 1.43 Å². The van der Waals surface area contributed by atoms with Crippen LogP contribution in [0, 0.1) is 0 Å². The molecule has 0 aromatic rings. The summed E-state index contributed by atoms with van der Waals surface area (Å²) in [6.07, 6.45) is 0. The molecular formula is H5BKO3. The Bertz CT molecular complexity index is 10.8. The van der Waals surface area contributed by atoms with E-state index in [4.69, 9.17) is 10.0 Å². The third-order valence-electron chi connectivity index (χ3n) is 0. The van der Waals surface area contributed by atoms with Crippen LogP contribution < -0.4 is 51.4 Å². The average molecular weight is 103 g/mol. The Labute approximate surface area is 74.9 Å². The summed E-state index contributed by atoms with van der Waals surface area (Å²) < 4.78 is 0. The molecule has 27 valence electrons. The Morgan fingerprint density at radius 1 is 1.40 bits per heavy atom. The van der Waals surface area contributed by atoms with E-state index in [1.807, 2.05) is 0 Å². The first-order valence-corrected chi connectivity index (χ1v) is 0.516. The zero-order valence-corrected chi connectivity index (χ0v) is 6.09. The van der Waals surface area contributed by atoms with Crippen molar-refractivity contribution in [3.8, 4) is 0 Å². The number of rotatable bonds is 0. The van der Waals surface area contributed by atoms with Gasteiger partial charge in [0.1, 0.15) is 0 Å². The monoisotopic (exact) mass is 103 g/mol. The van der Waals surface area contributed by atoms with Crippen molar-refractivity contribution >= 4 is 7.69 Å². The van der Waals surface area contributed by atoms with E-state index in [-0.39, 0.29) is 66.0 Å². The van der Waals surface area contributed by atoms with Gasteiger partial charge in [0.2, 0.25) is 0 Å². The molecule has 1 radical (unpaired) electrons. The van der Waals surface area contributed by atoms with Gasteiger partial charge in [-0.25, -0.2) is 0 Å². The first-order valence-electron chi connectivity index (χ1n) is 0.516. The Morgan fingerprint density at radius 2 is 1.40 bits per heavy atom. The molecule has 0 heterocycles. The third-order valence-corrected chi connectivity index (χ3v) is 0. The minimum Gasteiger partial charge on any atom is -1.00 e. The van der Waals surface area contributed by atoms with Crippen LogP contribution in [-0.2, 0) is 0 Å². The quantitative estimate of drug-likeness (QED) is 0.301. The van der Waals surface area contributed by atoms with Crippen LogP contribution >= 0.6 is 0 Å². The van der Waals surface area contributed by atoms with Crippen LogP contribution in [0.5, 0.6) is 0 Å². The molecule has 5 heteroatoms. The van der Waals surface area contributed by atoms with E-state index >= 15 is 0 Å². The number of hydrogen-bond acceptors (Lipinski definition) is 2. The van der Waals surface area contributed by atoms with Crippen LogP contribution in [0.15, 0.2) is 0 Å². The number of hydrogen-bond donors (Lipinski definition) is 2. The molecule has 3 nitrogen and oxygen atoms in total. The molecule has 0 bridgehead atoms. The van der Waals surface area contributed by atoms with Crippen molar-refractivity contribution in [3.63, 3.8) is 0 Å². The summed E-state index contributed by atoms with van der Waals surface area (Å²) in [5.41, 5.74) is 0. The molecule has 0 unspecified atom stereocenters. The molecule has 0 aliphatic rings. The average Bonchev–Trinajstić information content (AvgIpc) is 0.918. The van der Waals surface area contributed by atoms with E-state index in [1.165, 1.54) is 0 Å². The summed E-state index contributed by atoms with van der Waals surface area (Å²) in [5, 5.41) is 14.0. The molecule has 0 amide bonds. The van der Waals surface area contributed by atoms with Crippen LogP contribution in [0.3, 0.4) is 0 Å². The molecule has 0 aliphatic heterocycles. The van der Waals surface area contributed by atoms with Crippen molar-refractivity contribution in [2.45, 2.75) is 0 Å². The Kier molecular flexibility index (Phi) is 56.2. The molecular weight excluding hydrogens is 97.9 g/mol. The molecule has 0 aliphatic carbocycles. The maximum Gasteiger partial charge on any atom is 1.00 e. The van der Waals surface area contributed by atoms with Crippen LogP contribution in [0.4, 0.5) is 0 Å². The third kappa shape index (κ3) is 28.6. The van der Waals surface area contributed by atoms with Gasteiger partial charge in [0.05, 0.1) is 0 Å². The molecule has 0 aromatic carbocycles. The van der Waals surface area contributed by atoms with Crippen LogP contribution in [0.2, 0.25) is 0 Å². The van der Waals surface area contributed by atoms with Crippen LogP contribution in [0.25, 0.3) is 0 Å². The van der Waals surface area contributed by atoms with Gasteiger partial charge in [0, 0.05) is 0 Å². The fourth-order valence-corrected chi connectivity index (χ4v) is 0. The minimum atomic E-state index is 0. The first kappa shape index (κ1) is 16.0. The van der Waals surface area contributed by atoms with E-state index in [0.29, 0.717) is 0 Å². The zero-order valence-electron chi connectivity index (χ0n) is 3.97. The second-order valence-corrected chi connectivity index (χ2v) is 0.115. The molecule has 0 rings (SSSR count). The largest absolute Gasteiger partial charge is 1.00 e. The smallest absolute Gasteiger partial charge is 1.00 e. The van der Waals surface area contributed by atoms with Gasteiger partial charge >= 0.3 is 59.1 Å². The first-order chi connectivity index (χ1) is 1.41. The Balaban J connectivity index is -0.00000000667. The predicted octanol–water partition coefficient (Wildman–Crippen LogP) is -5.20. The fourth-order valence-electron chi connectivity index (χ4n) is 0. The summed E-state index contributed by atoms with van der Waals surface area (Å²) in [6.45, 7) is 0. The molecule has 0 saturated heterocycles. The molecule has 5 heavy (non-hydrogen) atoms. The summed E-state index contributed by atoms with van der Waals surface area (Å²) in [6, 6.07) is 0. The van der Waals surface area contributed by atoms with Crippen molar-refractivity contribution in [1.29, 1.82) is 0 Å². The van der Waals surface area contributed by atoms with Crippen molar-refractivity contribution in [2.75, 3.05) is 0 Å². The van der Waals surface area contributed by atoms with Crippen molar-refractivity contribution in [3.05, 3.63) is 0 Å². The summed E-state index contributed by atoms with van der Waals surface area (Å²) >= 11 is 0. The van der Waals surface area contributed by atoms with Crippen molar-refractivity contribution in [2.24, 2.45) is 0 Å². The van der Waals surface area contributed by atoms with E-state index in [2.05, 4.69) is 0 Å². The van der Waals surface area contributed by atoms with Gasteiger partial charge in [-0.05, 0) is 0 Å². The standard InChI is InChI=1S/BH2O2.K.H2O.H/c2-1-3;;;/h2-3H;;1H2;/q;+1;;-1. The van der Waals surface area contributed by atoms with Crippen LogP contribution in [-0.4, -0.2) is 23.2 Å². The summed E-state index contributed by atoms with van der Waals surface area (Å²) in [7, 11) is 0. The molecule has 0 fully saturated rings. The Morgan fingerprint density at radius 3 is 1.40 bits per heavy atom. The SMILES string of the molecule is O.O[B]O.[H-].[K+]. The molecule has 0 saturated carbocycles. The Hall–Kier alpha value is 1.58. The van der Waals surface area contributed by atoms with E-state index in [9.17, 15) is 0 Å². The molecule has 0 atom stereocenters. The molecule has 0 spiro atoms. The van der Waals surface area contributed by atoms with Crippen molar-refractivity contribution in [1.82, 2.24) is 0 Å². The van der Waals surface area contributed by atoms with Gasteiger partial charge in [0.15, 0.2) is 0 Å². The normalized spacial score (nSPS) is 2.80. The minimum absolute atomic E-state index is 0. The summed E-state index contributed by atoms with van der Waals surface area (Å²) in [4.78, 5) is 0. The van der Waals surface area contributed by atoms with E-state index in [0.717, 1.165) is 0 Å². The van der Waals surface area contributed by atoms with Gasteiger partial charge in [-0.1, -0.05) is 0 Å². The molecule has 4 N–H and O–H groups in total. The second kappa shape index (κ2) is 17.6. The molecule has 0 aromatic heterocycles. The zero-order chi connectivity index (χ0) is 2.71. The maximum absolute atomic E-state index is 7.00. The van der Waals surface area contributed by atoms with Gasteiger partial charge in [0.25, 0.3) is 0 Å². The van der Waals surface area contributed by atoms with Gasteiger partial charge in [-0.15, -0.1) is 0 Å². The van der Waals surface area contributed by atoms with Crippen molar-refractivity contribution < 1.29 is 68.3 Å². The topological polar surface area (TPSA) is 72.0 Å². The van der Waals surface area contributed by atoms with Gasteiger partial charge < -0.3 is 17.0 Å². The maximum atomic E-state index is 7.00. The van der Waals surface area contributed by atoms with Gasteiger partial charge in [-0.2, -0.15) is 0 Å². The van der Waals surface area contributed by atoms with E-state index in [1.54, 1.807) is 0 Å². The van der Waals surface area contributed by atoms with E-state index < -0.39 is 0 Å².